The Labute approximate surface area is 98.7 Å². The van der Waals surface area contributed by atoms with Crippen LogP contribution in [0.5, 0.6) is 0 Å². The lowest BCUT2D eigenvalue weighted by Crippen LogP contribution is -2.36. The quantitative estimate of drug-likeness (QED) is 0.641. The first-order valence-corrected chi connectivity index (χ1v) is 5.86. The Balaban J connectivity index is 2.13. The van der Waals surface area contributed by atoms with Gasteiger partial charge in [0.15, 0.2) is 0 Å². The maximum Gasteiger partial charge on any atom is 0.330 e. The largest absolute Gasteiger partial charge is 0.373 e. The lowest BCUT2D eigenvalue weighted by molar-refractivity contribution is -0.167. The van der Waals surface area contributed by atoms with Crippen LogP contribution in [0.1, 0.15) is 25.7 Å². The van der Waals surface area contributed by atoms with Crippen LogP contribution in [0.15, 0.2) is 0 Å². The molecule has 0 aromatic rings. The highest BCUT2D eigenvalue weighted by molar-refractivity contribution is 4.76. The molecule has 1 aliphatic carbocycles. The zero-order valence-corrected chi connectivity index (χ0v) is 9.89. The average molecular weight is 257 g/mol. The van der Waals surface area contributed by atoms with E-state index >= 15 is 0 Å². The van der Waals surface area contributed by atoms with Crippen LogP contribution in [-0.4, -0.2) is 38.7 Å². The second kappa shape index (κ2) is 6.54. The van der Waals surface area contributed by atoms with Crippen LogP contribution in [0.2, 0.25) is 0 Å². The number of alkyl halides is 4. The van der Waals surface area contributed by atoms with Gasteiger partial charge in [0.05, 0.1) is 6.61 Å². The molecule has 0 heterocycles. The van der Waals surface area contributed by atoms with E-state index in [1.807, 2.05) is 0 Å². The van der Waals surface area contributed by atoms with Crippen molar-refractivity contribution in [2.24, 2.45) is 5.92 Å². The van der Waals surface area contributed by atoms with E-state index in [4.69, 9.17) is 0 Å². The first kappa shape index (κ1) is 14.7. The molecule has 0 saturated heterocycles. The zero-order valence-electron chi connectivity index (χ0n) is 9.89. The van der Waals surface area contributed by atoms with Gasteiger partial charge in [0.1, 0.15) is 6.61 Å². The predicted octanol–water partition coefficient (Wildman–Crippen LogP) is 2.68. The lowest BCUT2D eigenvalue weighted by atomic mass is 10.1. The van der Waals surface area contributed by atoms with Crippen LogP contribution in [0, 0.1) is 5.92 Å². The van der Waals surface area contributed by atoms with Crippen molar-refractivity contribution < 1.29 is 22.3 Å². The Morgan fingerprint density at radius 1 is 1.35 bits per heavy atom. The monoisotopic (exact) mass is 257 g/mol. The maximum absolute atomic E-state index is 12.5. The Morgan fingerprint density at radius 3 is 2.47 bits per heavy atom. The molecule has 0 aliphatic heterocycles. The smallest absolute Gasteiger partial charge is 0.330 e. The summed E-state index contributed by atoms with van der Waals surface area (Å²) in [6.45, 7) is -1.17. The number of nitrogens with one attached hydrogen (secondary N) is 1. The Morgan fingerprint density at radius 2 is 2.00 bits per heavy atom. The molecule has 2 nitrogen and oxygen atoms in total. The highest BCUT2D eigenvalue weighted by atomic mass is 19.3. The molecule has 1 rings (SSSR count). The molecule has 0 aromatic carbocycles. The summed E-state index contributed by atoms with van der Waals surface area (Å²) in [7, 11) is 1.71. The van der Waals surface area contributed by atoms with Crippen LogP contribution >= 0.6 is 0 Å². The molecule has 0 amide bonds. The molecule has 1 aliphatic rings. The number of ether oxygens (including phenoxy) is 1. The normalized spacial score (nSPS) is 18.7. The van der Waals surface area contributed by atoms with Crippen molar-refractivity contribution in [3.63, 3.8) is 0 Å². The standard InChI is InChI=1S/C11H19F4NO/c1-16-9(5-4-8-2-3-8)6-17-7-11(14,15)10(12)13/h8-10,16H,2-7H2,1H3. The number of halogens is 4. The fraction of sp³-hybridized carbons (Fsp3) is 1.00. The van der Waals surface area contributed by atoms with E-state index in [0.29, 0.717) is 0 Å². The summed E-state index contributed by atoms with van der Waals surface area (Å²) in [6.07, 6.45) is 0.685. The van der Waals surface area contributed by atoms with Crippen LogP contribution in [0.4, 0.5) is 17.6 Å². The van der Waals surface area contributed by atoms with Gasteiger partial charge >= 0.3 is 12.3 Å². The third kappa shape index (κ3) is 5.68. The fourth-order valence-electron chi connectivity index (χ4n) is 1.55. The summed E-state index contributed by atoms with van der Waals surface area (Å²) >= 11 is 0. The Bertz CT molecular complexity index is 222. The molecule has 0 radical (unpaired) electrons. The number of hydrogen-bond acceptors (Lipinski definition) is 2. The minimum atomic E-state index is -4.05. The van der Waals surface area contributed by atoms with Crippen molar-refractivity contribution >= 4 is 0 Å². The van der Waals surface area contributed by atoms with Gasteiger partial charge in [-0.25, -0.2) is 8.78 Å². The van der Waals surface area contributed by atoms with E-state index < -0.39 is 19.0 Å². The molecule has 1 atom stereocenters. The molecule has 1 fully saturated rings. The highest BCUT2D eigenvalue weighted by Crippen LogP contribution is 2.33. The van der Waals surface area contributed by atoms with Crippen molar-refractivity contribution in [1.82, 2.24) is 5.32 Å². The van der Waals surface area contributed by atoms with E-state index in [2.05, 4.69) is 10.1 Å². The molecule has 0 bridgehead atoms. The first-order valence-electron chi connectivity index (χ1n) is 5.86. The second-order valence-corrected chi connectivity index (χ2v) is 4.58. The van der Waals surface area contributed by atoms with Crippen LogP contribution in [0.25, 0.3) is 0 Å². The summed E-state index contributed by atoms with van der Waals surface area (Å²) in [6, 6.07) is -0.0379. The van der Waals surface area contributed by atoms with E-state index in [1.165, 1.54) is 12.8 Å². The minimum absolute atomic E-state index is 0.0379. The highest BCUT2D eigenvalue weighted by Gasteiger charge is 2.41. The second-order valence-electron chi connectivity index (χ2n) is 4.58. The van der Waals surface area contributed by atoms with Gasteiger partial charge in [-0.2, -0.15) is 8.78 Å². The van der Waals surface area contributed by atoms with Gasteiger partial charge in [0, 0.05) is 6.04 Å². The van der Waals surface area contributed by atoms with Gasteiger partial charge in [0.25, 0.3) is 0 Å². The van der Waals surface area contributed by atoms with Crippen molar-refractivity contribution in [2.45, 2.75) is 44.1 Å². The summed E-state index contributed by atoms with van der Waals surface area (Å²) < 4.78 is 53.4. The van der Waals surface area contributed by atoms with Crippen molar-refractivity contribution in [2.75, 3.05) is 20.3 Å². The summed E-state index contributed by atoms with van der Waals surface area (Å²) in [5.74, 6) is -3.29. The van der Waals surface area contributed by atoms with Gasteiger partial charge < -0.3 is 10.1 Å². The molecule has 0 spiro atoms. The summed E-state index contributed by atoms with van der Waals surface area (Å²) in [5.41, 5.74) is 0. The molecular formula is C11H19F4NO. The number of rotatable bonds is 9. The molecule has 0 aromatic heterocycles. The third-order valence-corrected chi connectivity index (χ3v) is 2.96. The van der Waals surface area contributed by atoms with Crippen molar-refractivity contribution in [3.8, 4) is 0 Å². The first-order chi connectivity index (χ1) is 7.95. The fourth-order valence-corrected chi connectivity index (χ4v) is 1.55. The molecule has 17 heavy (non-hydrogen) atoms. The molecule has 1 N–H and O–H groups in total. The molecule has 102 valence electrons. The van der Waals surface area contributed by atoms with Crippen LogP contribution < -0.4 is 5.32 Å². The van der Waals surface area contributed by atoms with Crippen LogP contribution in [-0.2, 0) is 4.74 Å². The number of likely N-dealkylation sites (N-methyl/N-ethyl adjacent to an activating group) is 1. The Kier molecular flexibility index (Phi) is 5.66. The zero-order chi connectivity index (χ0) is 12.9. The van der Waals surface area contributed by atoms with Gasteiger partial charge in [-0.05, 0) is 25.8 Å². The molecule has 6 heteroatoms. The van der Waals surface area contributed by atoms with Gasteiger partial charge in [-0.15, -0.1) is 0 Å². The van der Waals surface area contributed by atoms with E-state index in [0.717, 1.165) is 18.8 Å². The topological polar surface area (TPSA) is 21.3 Å². The molecule has 1 unspecified atom stereocenters. The number of hydrogen-bond donors (Lipinski definition) is 1. The summed E-state index contributed by atoms with van der Waals surface area (Å²) in [4.78, 5) is 0. The van der Waals surface area contributed by atoms with Crippen molar-refractivity contribution in [1.29, 1.82) is 0 Å². The lowest BCUT2D eigenvalue weighted by Gasteiger charge is -2.19. The average Bonchev–Trinajstić information content (AvgIpc) is 3.06. The SMILES string of the molecule is CNC(CCC1CC1)COCC(F)(F)C(F)F. The van der Waals surface area contributed by atoms with Crippen LogP contribution in [0.3, 0.4) is 0 Å². The Hall–Kier alpha value is -0.360. The van der Waals surface area contributed by atoms with E-state index in [9.17, 15) is 17.6 Å². The van der Waals surface area contributed by atoms with Gasteiger partial charge in [-0.3, -0.25) is 0 Å². The van der Waals surface area contributed by atoms with E-state index in [1.54, 1.807) is 7.05 Å². The predicted molar refractivity (Wildman–Crippen MR) is 56.6 cm³/mol. The van der Waals surface area contributed by atoms with Gasteiger partial charge in [0.2, 0.25) is 0 Å². The third-order valence-electron chi connectivity index (χ3n) is 2.96. The minimum Gasteiger partial charge on any atom is -0.373 e. The van der Waals surface area contributed by atoms with Gasteiger partial charge in [-0.1, -0.05) is 12.8 Å². The molecule has 1 saturated carbocycles. The maximum atomic E-state index is 12.5. The van der Waals surface area contributed by atoms with Crippen molar-refractivity contribution in [3.05, 3.63) is 0 Å². The van der Waals surface area contributed by atoms with E-state index in [-0.39, 0.29) is 12.6 Å². The summed E-state index contributed by atoms with van der Waals surface area (Å²) in [5, 5.41) is 2.94. The molecular weight excluding hydrogens is 238 g/mol.